The van der Waals surface area contributed by atoms with Crippen LogP contribution in [-0.4, -0.2) is 42.3 Å². The van der Waals surface area contributed by atoms with E-state index in [1.54, 1.807) is 23.5 Å². The van der Waals surface area contributed by atoms with Crippen molar-refractivity contribution in [1.82, 2.24) is 29.8 Å². The Balaban J connectivity index is 1.55. The fourth-order valence-electron chi connectivity index (χ4n) is 3.15. The molecule has 4 rings (SSSR count). The van der Waals surface area contributed by atoms with Crippen molar-refractivity contribution >= 4 is 17.7 Å². The number of hydrogen-bond donors (Lipinski definition) is 1. The van der Waals surface area contributed by atoms with Crippen molar-refractivity contribution in [3.8, 4) is 0 Å². The molecule has 0 bridgehead atoms. The minimum atomic E-state index is -0.126. The Morgan fingerprint density at radius 2 is 2.04 bits per heavy atom. The number of hydrogen-bond acceptors (Lipinski definition) is 7. The summed E-state index contributed by atoms with van der Waals surface area (Å²) in [6.07, 6.45) is 9.83. The van der Waals surface area contributed by atoms with Gasteiger partial charge in [0, 0.05) is 31.3 Å². The second-order valence-corrected chi connectivity index (χ2v) is 6.40. The zero-order chi connectivity index (χ0) is 18.6. The first-order valence-corrected chi connectivity index (χ1v) is 8.80. The summed E-state index contributed by atoms with van der Waals surface area (Å²) >= 11 is 0. The Hall–Kier alpha value is -3.42. The first kappa shape index (κ1) is 17.0. The normalized spacial score (nSPS) is 16.3. The van der Waals surface area contributed by atoms with E-state index in [-0.39, 0.29) is 11.9 Å². The van der Waals surface area contributed by atoms with Crippen LogP contribution in [0.4, 0.5) is 11.8 Å². The van der Waals surface area contributed by atoms with Crippen LogP contribution in [0, 0.1) is 6.92 Å². The third kappa shape index (κ3) is 3.74. The topological polar surface area (TPSA) is 96.8 Å². The monoisotopic (exact) mass is 361 g/mol. The van der Waals surface area contributed by atoms with E-state index in [9.17, 15) is 4.79 Å². The molecule has 27 heavy (non-hydrogen) atoms. The molecule has 0 saturated carbocycles. The van der Waals surface area contributed by atoms with Gasteiger partial charge >= 0.3 is 0 Å². The molecule has 0 aliphatic carbocycles. The van der Waals surface area contributed by atoms with Crippen molar-refractivity contribution in [2.75, 3.05) is 11.9 Å². The number of nitrogens with zero attached hydrogens (tertiary/aromatic N) is 6. The molecule has 0 radical (unpaired) electrons. The van der Waals surface area contributed by atoms with Gasteiger partial charge in [0.15, 0.2) is 0 Å². The number of amides is 1. The fourth-order valence-corrected chi connectivity index (χ4v) is 3.15. The maximum absolute atomic E-state index is 12.8. The second kappa shape index (κ2) is 7.45. The van der Waals surface area contributed by atoms with Gasteiger partial charge in [0.25, 0.3) is 5.91 Å². The van der Waals surface area contributed by atoms with Gasteiger partial charge in [0.05, 0.1) is 17.9 Å². The van der Waals surface area contributed by atoms with Crippen LogP contribution in [0.15, 0.2) is 49.2 Å². The number of carbonyl (C=O) groups is 1. The SMILES string of the molecule is Cc1ccc(Nc2nccc(C3CCCN3C(=O)c3cnccn3)n2)nc1. The van der Waals surface area contributed by atoms with Crippen LogP contribution in [0.2, 0.25) is 0 Å². The zero-order valence-electron chi connectivity index (χ0n) is 14.9. The minimum absolute atomic E-state index is 0.103. The highest BCUT2D eigenvalue weighted by Crippen LogP contribution is 2.32. The molecule has 1 amide bonds. The summed E-state index contributed by atoms with van der Waals surface area (Å²) in [5.74, 6) is 1.01. The van der Waals surface area contributed by atoms with Crippen molar-refractivity contribution in [2.24, 2.45) is 0 Å². The lowest BCUT2D eigenvalue weighted by molar-refractivity contribution is 0.0726. The summed E-state index contributed by atoms with van der Waals surface area (Å²) in [4.78, 5) is 35.9. The molecule has 0 spiro atoms. The molecule has 1 atom stereocenters. The summed E-state index contributed by atoms with van der Waals surface area (Å²) in [7, 11) is 0. The number of aryl methyl sites for hydroxylation is 1. The van der Waals surface area contributed by atoms with Crippen molar-refractivity contribution in [2.45, 2.75) is 25.8 Å². The Kier molecular flexibility index (Phi) is 4.69. The molecule has 3 aromatic heterocycles. The van der Waals surface area contributed by atoms with Crippen LogP contribution in [0.5, 0.6) is 0 Å². The van der Waals surface area contributed by atoms with Gasteiger partial charge in [-0.3, -0.25) is 9.78 Å². The predicted octanol–water partition coefficient (Wildman–Crippen LogP) is 2.69. The van der Waals surface area contributed by atoms with Crippen molar-refractivity contribution in [1.29, 1.82) is 0 Å². The highest BCUT2D eigenvalue weighted by Gasteiger charge is 2.32. The molecule has 1 aliphatic rings. The maximum Gasteiger partial charge on any atom is 0.274 e. The lowest BCUT2D eigenvalue weighted by atomic mass is 10.1. The summed E-state index contributed by atoms with van der Waals surface area (Å²) in [6, 6.07) is 5.59. The highest BCUT2D eigenvalue weighted by molar-refractivity contribution is 5.92. The standard InChI is InChI=1S/C19H19N7O/c1-13-4-5-17(23-11-13)25-19-22-7-6-14(24-19)16-3-2-10-26(16)18(27)15-12-20-8-9-21-15/h4-9,11-12,16H,2-3,10H2,1H3,(H,22,23,24,25). The Labute approximate surface area is 156 Å². The van der Waals surface area contributed by atoms with Gasteiger partial charge in [-0.2, -0.15) is 0 Å². The van der Waals surface area contributed by atoms with Crippen LogP contribution >= 0.6 is 0 Å². The van der Waals surface area contributed by atoms with Crippen molar-refractivity contribution in [3.63, 3.8) is 0 Å². The summed E-state index contributed by atoms with van der Waals surface area (Å²) in [5, 5.41) is 3.11. The van der Waals surface area contributed by atoms with E-state index in [0.717, 1.165) is 24.1 Å². The molecular formula is C19H19N7O. The minimum Gasteiger partial charge on any atom is -0.329 e. The van der Waals surface area contributed by atoms with E-state index in [4.69, 9.17) is 0 Å². The van der Waals surface area contributed by atoms with Gasteiger partial charge < -0.3 is 10.2 Å². The quantitative estimate of drug-likeness (QED) is 0.763. The number of anilines is 2. The summed E-state index contributed by atoms with van der Waals surface area (Å²) in [5.41, 5.74) is 2.23. The number of carbonyl (C=O) groups excluding carboxylic acids is 1. The number of pyridine rings is 1. The lowest BCUT2D eigenvalue weighted by Gasteiger charge is -2.24. The molecule has 0 aromatic carbocycles. The van der Waals surface area contributed by atoms with Crippen LogP contribution in [-0.2, 0) is 0 Å². The van der Waals surface area contributed by atoms with Gasteiger partial charge in [-0.1, -0.05) is 6.07 Å². The summed E-state index contributed by atoms with van der Waals surface area (Å²) < 4.78 is 0. The van der Waals surface area contributed by atoms with Crippen LogP contribution < -0.4 is 5.32 Å². The van der Waals surface area contributed by atoms with Crippen molar-refractivity contribution in [3.05, 3.63) is 66.1 Å². The molecule has 4 heterocycles. The zero-order valence-corrected chi connectivity index (χ0v) is 14.9. The van der Waals surface area contributed by atoms with Crippen molar-refractivity contribution < 1.29 is 4.79 Å². The molecule has 136 valence electrons. The fraction of sp³-hybridized carbons (Fsp3) is 0.263. The van der Waals surface area contributed by atoms with E-state index in [1.165, 1.54) is 12.4 Å². The third-order valence-corrected chi connectivity index (χ3v) is 4.47. The molecule has 1 fully saturated rings. The Morgan fingerprint density at radius 1 is 1.11 bits per heavy atom. The van der Waals surface area contributed by atoms with Gasteiger partial charge in [0.1, 0.15) is 11.5 Å². The molecule has 1 saturated heterocycles. The number of nitrogens with one attached hydrogen (secondary N) is 1. The lowest BCUT2D eigenvalue weighted by Crippen LogP contribution is -2.31. The number of aromatic nitrogens is 5. The van der Waals surface area contributed by atoms with E-state index < -0.39 is 0 Å². The van der Waals surface area contributed by atoms with E-state index in [1.807, 2.05) is 25.1 Å². The molecule has 3 aromatic rings. The number of rotatable bonds is 4. The number of likely N-dealkylation sites (tertiary alicyclic amines) is 1. The predicted molar refractivity (Wildman–Crippen MR) is 99.3 cm³/mol. The van der Waals surface area contributed by atoms with Gasteiger partial charge in [-0.05, 0) is 37.5 Å². The van der Waals surface area contributed by atoms with Crippen LogP contribution in [0.3, 0.4) is 0 Å². The summed E-state index contributed by atoms with van der Waals surface area (Å²) in [6.45, 7) is 2.66. The first-order chi connectivity index (χ1) is 13.2. The second-order valence-electron chi connectivity index (χ2n) is 6.40. The average Bonchev–Trinajstić information content (AvgIpc) is 3.20. The molecule has 8 heteroatoms. The smallest absolute Gasteiger partial charge is 0.274 e. The largest absolute Gasteiger partial charge is 0.329 e. The van der Waals surface area contributed by atoms with Gasteiger partial charge in [0.2, 0.25) is 5.95 Å². The first-order valence-electron chi connectivity index (χ1n) is 8.80. The third-order valence-electron chi connectivity index (χ3n) is 4.47. The Bertz CT molecular complexity index is 930. The molecule has 1 aliphatic heterocycles. The molecular weight excluding hydrogens is 342 g/mol. The average molecular weight is 361 g/mol. The van der Waals surface area contributed by atoms with E-state index in [0.29, 0.717) is 24.0 Å². The highest BCUT2D eigenvalue weighted by atomic mass is 16.2. The molecule has 8 nitrogen and oxygen atoms in total. The van der Waals surface area contributed by atoms with Gasteiger partial charge in [-0.25, -0.2) is 19.9 Å². The van der Waals surface area contributed by atoms with E-state index in [2.05, 4.69) is 30.2 Å². The molecule has 1 unspecified atom stereocenters. The van der Waals surface area contributed by atoms with Crippen LogP contribution in [0.1, 0.15) is 40.6 Å². The Morgan fingerprint density at radius 3 is 2.81 bits per heavy atom. The van der Waals surface area contributed by atoms with Crippen LogP contribution in [0.25, 0.3) is 0 Å². The molecule has 1 N–H and O–H groups in total. The maximum atomic E-state index is 12.8. The van der Waals surface area contributed by atoms with Gasteiger partial charge in [-0.15, -0.1) is 0 Å². The van der Waals surface area contributed by atoms with E-state index >= 15 is 0 Å².